The van der Waals surface area contributed by atoms with Crippen LogP contribution in [0.15, 0.2) is 78.4 Å². The van der Waals surface area contributed by atoms with Gasteiger partial charge < -0.3 is 34.8 Å². The van der Waals surface area contributed by atoms with Crippen LogP contribution in [0.4, 0.5) is 0 Å². The number of ether oxygens (including phenoxy) is 2. The summed E-state index contributed by atoms with van der Waals surface area (Å²) in [7, 11) is 1.71. The topological polar surface area (TPSA) is 180 Å². The summed E-state index contributed by atoms with van der Waals surface area (Å²) in [6.45, 7) is 16.7. The van der Waals surface area contributed by atoms with Crippen LogP contribution in [0.5, 0.6) is 0 Å². The molecule has 1 heterocycles. The molecule has 0 radical (unpaired) electrons. The molecule has 1 aliphatic rings. The van der Waals surface area contributed by atoms with Gasteiger partial charge in [-0.3, -0.25) is 19.4 Å². The van der Waals surface area contributed by atoms with E-state index >= 15 is 0 Å². The van der Waals surface area contributed by atoms with Crippen LogP contribution in [0.25, 0.3) is 0 Å². The maximum absolute atomic E-state index is 14.0. The Bertz CT molecular complexity index is 1600. The fourth-order valence-corrected chi connectivity index (χ4v) is 6.52. The third-order valence-corrected chi connectivity index (χ3v) is 9.72. The average molecular weight is 837 g/mol. The first-order valence-electron chi connectivity index (χ1n) is 21.1. The second-order valence-corrected chi connectivity index (χ2v) is 16.4. The minimum Gasteiger partial charge on any atom is -0.457 e. The van der Waals surface area contributed by atoms with Crippen molar-refractivity contribution in [3.63, 3.8) is 0 Å². The lowest BCUT2D eigenvalue weighted by atomic mass is 9.88. The molecular weight excluding hydrogens is 765 g/mol. The van der Waals surface area contributed by atoms with Crippen molar-refractivity contribution in [2.45, 2.75) is 143 Å². The van der Waals surface area contributed by atoms with E-state index in [2.05, 4.69) is 16.1 Å². The SMILES string of the molecule is CC=O.CCC[C@@H](C=O)C(O)C(C)C/C=C/C=C/C[C@H](OC(=O)C1CCCN(C(=O)C(Cc2ccccc2)NC(=O)C(NC)C(C)C)N1)/C(C)=C/C=C/C(=O)OC(C)(C)C. The van der Waals surface area contributed by atoms with Gasteiger partial charge in [0.2, 0.25) is 5.91 Å². The number of hydrazine groups is 1. The van der Waals surface area contributed by atoms with Gasteiger partial charge in [0.25, 0.3) is 5.91 Å². The molecule has 7 atom stereocenters. The van der Waals surface area contributed by atoms with Gasteiger partial charge in [-0.1, -0.05) is 101 Å². The monoisotopic (exact) mass is 837 g/mol. The van der Waals surface area contributed by atoms with Gasteiger partial charge in [0, 0.05) is 31.4 Å². The van der Waals surface area contributed by atoms with Crippen molar-refractivity contribution < 1.29 is 43.3 Å². The zero-order chi connectivity index (χ0) is 45.3. The molecule has 0 bridgehead atoms. The Morgan fingerprint density at radius 2 is 1.65 bits per heavy atom. The van der Waals surface area contributed by atoms with Gasteiger partial charge in [0.05, 0.1) is 12.1 Å². The highest BCUT2D eigenvalue weighted by Gasteiger charge is 2.35. The van der Waals surface area contributed by atoms with Crippen LogP contribution in [0, 0.1) is 17.8 Å². The summed E-state index contributed by atoms with van der Waals surface area (Å²) in [5.74, 6) is -2.16. The zero-order valence-corrected chi connectivity index (χ0v) is 37.5. The lowest BCUT2D eigenvalue weighted by Crippen LogP contribution is -2.61. The van der Waals surface area contributed by atoms with Crippen molar-refractivity contribution in [1.82, 2.24) is 21.1 Å². The zero-order valence-electron chi connectivity index (χ0n) is 37.5. The molecule has 1 aliphatic heterocycles. The van der Waals surface area contributed by atoms with Gasteiger partial charge in [-0.05, 0) is 90.3 Å². The largest absolute Gasteiger partial charge is 0.457 e. The average Bonchev–Trinajstić information content (AvgIpc) is 3.19. The van der Waals surface area contributed by atoms with Crippen molar-refractivity contribution in [2.24, 2.45) is 17.8 Å². The molecule has 0 aliphatic carbocycles. The first-order chi connectivity index (χ1) is 28.4. The van der Waals surface area contributed by atoms with E-state index < -0.39 is 47.9 Å². The van der Waals surface area contributed by atoms with Crippen LogP contribution in [0.3, 0.4) is 0 Å². The number of carbonyl (C=O) groups excluding carboxylic acids is 6. The molecule has 60 heavy (non-hydrogen) atoms. The molecule has 334 valence electrons. The van der Waals surface area contributed by atoms with Crippen molar-refractivity contribution in [2.75, 3.05) is 13.6 Å². The number of hydrogen-bond donors (Lipinski definition) is 4. The van der Waals surface area contributed by atoms with E-state index in [0.29, 0.717) is 44.2 Å². The number of rotatable bonds is 22. The molecule has 0 saturated carbocycles. The van der Waals surface area contributed by atoms with Crippen LogP contribution in [-0.2, 0) is 44.7 Å². The first kappa shape index (κ1) is 53.3. The number of nitrogens with one attached hydrogen (secondary N) is 3. The fraction of sp³-hybridized carbons (Fsp3) is 0.574. The standard InChI is InChI=1S/C45H68N4O8.C2H4O/c1-10-20-35(30-50)41(52)33(5)21-14-11-12-17-26-38(32(4)22-18-27-39(51)57-45(6,7)8)56-44(55)36-25-19-28-49(48-36)43(54)37(29-34-23-15-13-16-24-34)47-42(53)40(46-9)31(2)3;1-2-3/h11-18,22-24,27,30-31,33,35-38,40-41,46,48,52H,10,19-21,25-26,28-29H2,1-9H3,(H,47,53);2H,1H3/b14-11+,17-12+,27-18+,32-22+;/t33?,35-,36?,37?,38-,40?,41?;/m0./s1. The molecule has 0 spiro atoms. The van der Waals surface area contributed by atoms with Crippen molar-refractivity contribution in [3.05, 3.63) is 84.0 Å². The summed E-state index contributed by atoms with van der Waals surface area (Å²) in [6.07, 6.45) is 15.9. The minimum atomic E-state index is -0.876. The molecule has 1 fully saturated rings. The number of amides is 2. The highest BCUT2D eigenvalue weighted by atomic mass is 16.6. The van der Waals surface area contributed by atoms with Crippen molar-refractivity contribution in [1.29, 1.82) is 0 Å². The van der Waals surface area contributed by atoms with Crippen molar-refractivity contribution >= 4 is 36.3 Å². The Kier molecular flexibility index (Phi) is 25.5. The number of likely N-dealkylation sites (N-methyl/N-ethyl adjacent to an activating group) is 1. The number of hydrogen-bond acceptors (Lipinski definition) is 11. The maximum Gasteiger partial charge on any atom is 0.331 e. The fourth-order valence-electron chi connectivity index (χ4n) is 6.52. The number of aliphatic hydroxyl groups is 1. The van der Waals surface area contributed by atoms with Gasteiger partial charge in [-0.15, -0.1) is 0 Å². The van der Waals surface area contributed by atoms with E-state index in [0.717, 1.165) is 24.6 Å². The van der Waals surface area contributed by atoms with E-state index in [-0.39, 0.29) is 36.0 Å². The summed E-state index contributed by atoms with van der Waals surface area (Å²) in [4.78, 5) is 73.6. The maximum atomic E-state index is 14.0. The third-order valence-electron chi connectivity index (χ3n) is 9.72. The van der Waals surface area contributed by atoms with Gasteiger partial charge in [0.1, 0.15) is 36.4 Å². The molecule has 1 aromatic rings. The van der Waals surface area contributed by atoms with E-state index in [1.54, 1.807) is 46.9 Å². The Balaban J connectivity index is 0.00000581. The number of allylic oxidation sites excluding steroid dienone is 5. The van der Waals surface area contributed by atoms with E-state index in [1.165, 1.54) is 18.0 Å². The Labute approximate surface area is 358 Å². The predicted octanol–water partition coefficient (Wildman–Crippen LogP) is 5.92. The molecule has 2 amide bonds. The van der Waals surface area contributed by atoms with Gasteiger partial charge >= 0.3 is 11.9 Å². The van der Waals surface area contributed by atoms with Crippen LogP contribution in [0.1, 0.15) is 106 Å². The molecule has 13 heteroatoms. The van der Waals surface area contributed by atoms with Crippen LogP contribution in [-0.4, -0.2) is 96.0 Å². The van der Waals surface area contributed by atoms with Crippen LogP contribution < -0.4 is 16.1 Å². The van der Waals surface area contributed by atoms with E-state index in [9.17, 15) is 29.1 Å². The molecule has 2 rings (SSSR count). The summed E-state index contributed by atoms with van der Waals surface area (Å²) < 4.78 is 11.4. The van der Waals surface area contributed by atoms with Gasteiger partial charge in [0.15, 0.2) is 0 Å². The normalized spacial score (nSPS) is 17.9. The molecular formula is C47H72N4O9. The smallest absolute Gasteiger partial charge is 0.331 e. The highest BCUT2D eigenvalue weighted by Crippen LogP contribution is 2.21. The number of esters is 2. The lowest BCUT2D eigenvalue weighted by Gasteiger charge is -2.36. The van der Waals surface area contributed by atoms with Gasteiger partial charge in [-0.25, -0.2) is 10.2 Å². The number of benzene rings is 1. The molecule has 4 N–H and O–H groups in total. The summed E-state index contributed by atoms with van der Waals surface area (Å²) in [5, 5.41) is 18.0. The Hall–Kier alpha value is -4.72. The summed E-state index contributed by atoms with van der Waals surface area (Å²) >= 11 is 0. The quantitative estimate of drug-likeness (QED) is 0.0472. The lowest BCUT2D eigenvalue weighted by molar-refractivity contribution is -0.156. The number of aliphatic hydroxyl groups excluding tert-OH is 1. The number of nitrogens with zero attached hydrogens (tertiary/aromatic N) is 1. The molecule has 1 aromatic carbocycles. The van der Waals surface area contributed by atoms with E-state index in [1.807, 2.05) is 82.3 Å². The highest BCUT2D eigenvalue weighted by molar-refractivity contribution is 5.90. The molecule has 5 unspecified atom stereocenters. The summed E-state index contributed by atoms with van der Waals surface area (Å²) in [6, 6.07) is 7.27. The molecule has 0 aromatic heterocycles. The number of aldehydes is 2. The number of carbonyl (C=O) groups is 6. The van der Waals surface area contributed by atoms with Crippen LogP contribution >= 0.6 is 0 Å². The molecule has 13 nitrogen and oxygen atoms in total. The minimum absolute atomic E-state index is 0.00532. The first-order valence-corrected chi connectivity index (χ1v) is 21.1. The Morgan fingerprint density at radius 1 is 1.02 bits per heavy atom. The predicted molar refractivity (Wildman–Crippen MR) is 235 cm³/mol. The van der Waals surface area contributed by atoms with Gasteiger partial charge in [-0.2, -0.15) is 0 Å². The third kappa shape index (κ3) is 20.5. The van der Waals surface area contributed by atoms with E-state index in [4.69, 9.17) is 14.3 Å². The van der Waals surface area contributed by atoms with Crippen molar-refractivity contribution in [3.8, 4) is 0 Å². The second kappa shape index (κ2) is 28.7. The molecule has 1 saturated heterocycles. The summed E-state index contributed by atoms with van der Waals surface area (Å²) in [5.41, 5.74) is 4.01. The van der Waals surface area contributed by atoms with Crippen LogP contribution in [0.2, 0.25) is 0 Å². The second-order valence-electron chi connectivity index (χ2n) is 16.4. The Morgan fingerprint density at radius 3 is 2.22 bits per heavy atom.